The van der Waals surface area contributed by atoms with Crippen LogP contribution in [0.4, 0.5) is 8.78 Å². The van der Waals surface area contributed by atoms with E-state index in [0.29, 0.717) is 0 Å². The van der Waals surface area contributed by atoms with Gasteiger partial charge in [-0.25, -0.2) is 15.4 Å². The topological polar surface area (TPSA) is 4.36 Å². The predicted octanol–water partition coefficient (Wildman–Crippen LogP) is 2.38. The summed E-state index contributed by atoms with van der Waals surface area (Å²) in [5.74, 6) is -1.81. The van der Waals surface area contributed by atoms with Crippen molar-refractivity contribution >= 4 is 0 Å². The molecule has 0 amide bonds. The Hall–Kier alpha value is -1.43. The van der Waals surface area contributed by atoms with Crippen molar-refractivity contribution in [1.29, 1.82) is 0 Å². The maximum Gasteiger partial charge on any atom is 0.242 e. The van der Waals surface area contributed by atoms with Gasteiger partial charge in [0, 0.05) is 0 Å². The molecule has 0 aliphatic rings. The van der Waals surface area contributed by atoms with Crippen LogP contribution in [0.2, 0.25) is 0 Å². The second kappa shape index (κ2) is 3.11. The van der Waals surface area contributed by atoms with Crippen LogP contribution in [-0.4, -0.2) is 0 Å². The third-order valence-corrected chi connectivity index (χ3v) is 1.28. The van der Waals surface area contributed by atoms with Crippen LogP contribution in [0.1, 0.15) is 5.56 Å². The van der Waals surface area contributed by atoms with E-state index in [2.05, 4.69) is 4.85 Å². The van der Waals surface area contributed by atoms with Gasteiger partial charge in [0.15, 0.2) is 11.6 Å². The third kappa shape index (κ3) is 1.53. The Bertz CT molecular complexity index is 301. The maximum atomic E-state index is 12.7. The molecule has 0 aromatic heterocycles. The van der Waals surface area contributed by atoms with Crippen LogP contribution in [0.3, 0.4) is 0 Å². The molecular formula is C8H5F2N. The van der Waals surface area contributed by atoms with Crippen molar-refractivity contribution in [2.24, 2.45) is 0 Å². The van der Waals surface area contributed by atoms with Crippen LogP contribution in [-0.2, 0) is 6.54 Å². The fraction of sp³-hybridized carbons (Fsp3) is 0.125. The van der Waals surface area contributed by atoms with Crippen LogP contribution in [0.15, 0.2) is 18.2 Å². The Morgan fingerprint density at radius 1 is 1.36 bits per heavy atom. The number of benzene rings is 1. The Morgan fingerprint density at radius 3 is 2.73 bits per heavy atom. The fourth-order valence-electron chi connectivity index (χ4n) is 0.756. The second-order valence-corrected chi connectivity index (χ2v) is 2.03. The molecule has 3 heteroatoms. The molecule has 1 aromatic rings. The largest absolute Gasteiger partial charge is 0.312 e. The van der Waals surface area contributed by atoms with Gasteiger partial charge in [-0.1, -0.05) is 6.07 Å². The van der Waals surface area contributed by atoms with E-state index >= 15 is 0 Å². The van der Waals surface area contributed by atoms with Crippen molar-refractivity contribution in [3.8, 4) is 0 Å². The van der Waals surface area contributed by atoms with Gasteiger partial charge in [-0.05, 0) is 12.1 Å². The highest BCUT2D eigenvalue weighted by atomic mass is 19.2. The molecular weight excluding hydrogens is 148 g/mol. The molecule has 0 aliphatic carbocycles. The average Bonchev–Trinajstić information content (AvgIpc) is 1.99. The first kappa shape index (κ1) is 7.67. The molecule has 1 rings (SSSR count). The summed E-state index contributed by atoms with van der Waals surface area (Å²) in [6.07, 6.45) is 0. The average molecular weight is 153 g/mol. The zero-order valence-electron chi connectivity index (χ0n) is 5.64. The molecule has 56 valence electrons. The quantitative estimate of drug-likeness (QED) is 0.545. The monoisotopic (exact) mass is 153 g/mol. The first-order chi connectivity index (χ1) is 5.25. The molecule has 0 bridgehead atoms. The summed E-state index contributed by atoms with van der Waals surface area (Å²) in [5, 5.41) is 0. The van der Waals surface area contributed by atoms with Crippen LogP contribution < -0.4 is 0 Å². The molecule has 0 atom stereocenters. The summed E-state index contributed by atoms with van der Waals surface area (Å²) in [6.45, 7) is 6.34. The van der Waals surface area contributed by atoms with E-state index in [0.717, 1.165) is 6.07 Å². The van der Waals surface area contributed by atoms with E-state index in [4.69, 9.17) is 6.57 Å². The highest BCUT2D eigenvalue weighted by molar-refractivity contribution is 5.19. The van der Waals surface area contributed by atoms with E-state index < -0.39 is 11.6 Å². The lowest BCUT2D eigenvalue weighted by molar-refractivity contribution is 0.501. The zero-order valence-corrected chi connectivity index (χ0v) is 5.64. The summed E-state index contributed by atoms with van der Waals surface area (Å²) in [5.41, 5.74) is 0.111. The molecule has 0 unspecified atom stereocenters. The molecule has 1 aromatic carbocycles. The van der Waals surface area contributed by atoms with Crippen LogP contribution >= 0.6 is 0 Å². The van der Waals surface area contributed by atoms with Crippen molar-refractivity contribution in [2.75, 3.05) is 0 Å². The molecule has 11 heavy (non-hydrogen) atoms. The second-order valence-electron chi connectivity index (χ2n) is 2.03. The molecule has 0 N–H and O–H groups in total. The normalized spacial score (nSPS) is 9.18. The van der Waals surface area contributed by atoms with E-state index in [9.17, 15) is 8.78 Å². The summed E-state index contributed by atoms with van der Waals surface area (Å²) in [7, 11) is 0. The van der Waals surface area contributed by atoms with Gasteiger partial charge in [-0.2, -0.15) is 0 Å². The number of halogens is 2. The smallest absolute Gasteiger partial charge is 0.242 e. The summed E-state index contributed by atoms with van der Waals surface area (Å²) in [4.78, 5) is 2.95. The molecule has 0 aliphatic heterocycles. The molecule has 1 nitrogen and oxygen atoms in total. The highest BCUT2D eigenvalue weighted by Gasteiger charge is 2.07. The summed E-state index contributed by atoms with van der Waals surface area (Å²) >= 11 is 0. The zero-order chi connectivity index (χ0) is 8.27. The van der Waals surface area contributed by atoms with E-state index in [-0.39, 0.29) is 12.1 Å². The maximum absolute atomic E-state index is 12.7. The molecule has 0 heterocycles. The highest BCUT2D eigenvalue weighted by Crippen LogP contribution is 2.11. The van der Waals surface area contributed by atoms with Gasteiger partial charge in [0.25, 0.3) is 0 Å². The van der Waals surface area contributed by atoms with Crippen LogP contribution in [0.5, 0.6) is 0 Å². The predicted molar refractivity (Wildman–Crippen MR) is 36.7 cm³/mol. The third-order valence-electron chi connectivity index (χ3n) is 1.28. The van der Waals surface area contributed by atoms with Crippen LogP contribution in [0, 0.1) is 18.2 Å². The SMILES string of the molecule is [C-]#[N+]Cc1cccc(F)c1F. The van der Waals surface area contributed by atoms with Gasteiger partial charge in [-0.15, -0.1) is 0 Å². The van der Waals surface area contributed by atoms with Crippen molar-refractivity contribution < 1.29 is 8.78 Å². The van der Waals surface area contributed by atoms with Crippen molar-refractivity contribution in [3.63, 3.8) is 0 Å². The Balaban J connectivity index is 3.08. The minimum atomic E-state index is -0.913. The first-order valence-electron chi connectivity index (χ1n) is 3.02. The Labute approximate surface area is 63.1 Å². The van der Waals surface area contributed by atoms with Crippen LogP contribution in [0.25, 0.3) is 4.85 Å². The van der Waals surface area contributed by atoms with E-state index in [1.54, 1.807) is 0 Å². The van der Waals surface area contributed by atoms with Gasteiger partial charge in [0.2, 0.25) is 6.54 Å². The number of hydrogen-bond acceptors (Lipinski definition) is 0. The number of hydrogen-bond donors (Lipinski definition) is 0. The molecule has 0 saturated carbocycles. The van der Waals surface area contributed by atoms with Gasteiger partial charge < -0.3 is 4.85 Å². The lowest BCUT2D eigenvalue weighted by Gasteiger charge is -1.94. The summed E-state index contributed by atoms with van der Waals surface area (Å²) in [6, 6.07) is 3.82. The van der Waals surface area contributed by atoms with Gasteiger partial charge in [-0.3, -0.25) is 0 Å². The summed E-state index contributed by atoms with van der Waals surface area (Å²) < 4.78 is 25.1. The number of nitrogens with zero attached hydrogens (tertiary/aromatic N) is 1. The van der Waals surface area contributed by atoms with Crippen molar-refractivity contribution in [3.05, 3.63) is 46.8 Å². The van der Waals surface area contributed by atoms with E-state index in [1.807, 2.05) is 0 Å². The molecule has 0 spiro atoms. The standard InChI is InChI=1S/C8H5F2N/c1-11-5-6-3-2-4-7(9)8(6)10/h2-4H,5H2. The molecule has 0 radical (unpaired) electrons. The van der Waals surface area contributed by atoms with Gasteiger partial charge in [0.1, 0.15) is 0 Å². The lowest BCUT2D eigenvalue weighted by Crippen LogP contribution is -1.90. The lowest BCUT2D eigenvalue weighted by atomic mass is 10.2. The molecule has 0 saturated heterocycles. The van der Waals surface area contributed by atoms with Gasteiger partial charge >= 0.3 is 0 Å². The Morgan fingerprint density at radius 2 is 2.09 bits per heavy atom. The molecule has 0 fully saturated rings. The minimum absolute atomic E-state index is 0.108. The van der Waals surface area contributed by atoms with E-state index in [1.165, 1.54) is 12.1 Å². The van der Waals surface area contributed by atoms with Crippen molar-refractivity contribution in [1.82, 2.24) is 0 Å². The first-order valence-corrected chi connectivity index (χ1v) is 3.02. The van der Waals surface area contributed by atoms with Gasteiger partial charge in [0.05, 0.1) is 5.56 Å². The number of rotatable bonds is 1. The van der Waals surface area contributed by atoms with Crippen molar-refractivity contribution in [2.45, 2.75) is 6.54 Å². The fourth-order valence-corrected chi connectivity index (χ4v) is 0.756. The minimum Gasteiger partial charge on any atom is -0.312 e. The Kier molecular flexibility index (Phi) is 2.17.